The van der Waals surface area contributed by atoms with Crippen LogP contribution in [-0.4, -0.2) is 54.0 Å². The third kappa shape index (κ3) is 3.10. The molecule has 0 bridgehead atoms. The van der Waals surface area contributed by atoms with E-state index in [1.165, 1.54) is 5.56 Å². The van der Waals surface area contributed by atoms with Gasteiger partial charge in [0.15, 0.2) is 11.5 Å². The van der Waals surface area contributed by atoms with E-state index in [1.54, 1.807) is 19.5 Å². The fourth-order valence-electron chi connectivity index (χ4n) is 3.52. The largest absolute Gasteiger partial charge is 0.380 e. The Balaban J connectivity index is 1.62. The lowest BCUT2D eigenvalue weighted by Crippen LogP contribution is -2.26. The van der Waals surface area contributed by atoms with E-state index in [4.69, 9.17) is 4.74 Å². The van der Waals surface area contributed by atoms with Gasteiger partial charge in [-0.3, -0.25) is 19.0 Å². The Kier molecular flexibility index (Phi) is 4.24. The van der Waals surface area contributed by atoms with Crippen molar-refractivity contribution in [1.29, 1.82) is 0 Å². The molecule has 4 heterocycles. The molecule has 1 aliphatic heterocycles. The maximum atomic E-state index is 5.65. The lowest BCUT2D eigenvalue weighted by atomic mass is 10.1. The van der Waals surface area contributed by atoms with Crippen molar-refractivity contribution in [2.24, 2.45) is 0 Å². The molecule has 0 aromatic carbocycles. The Bertz CT molecular complexity index is 894. The first kappa shape index (κ1) is 17.1. The van der Waals surface area contributed by atoms with Gasteiger partial charge in [-0.1, -0.05) is 0 Å². The van der Waals surface area contributed by atoms with E-state index in [-0.39, 0.29) is 17.7 Å². The van der Waals surface area contributed by atoms with Crippen LogP contribution in [0.3, 0.4) is 0 Å². The summed E-state index contributed by atoms with van der Waals surface area (Å²) in [6.45, 7) is 8.13. The molecule has 0 unspecified atom stereocenters. The second kappa shape index (κ2) is 6.44. The molecule has 4 rings (SSSR count). The zero-order valence-corrected chi connectivity index (χ0v) is 15.7. The minimum absolute atomic E-state index is 0.0199. The standard InChI is InChI=1S/C18H25N7O/c1-18(2,3)25-11-13(8-20-25)10-23-12-14(26-4)7-15(23)17-22-21-16-9-19-5-6-24(16)17/h5-6,8-9,11,14-15H,7,10,12H2,1-4H3/t14-,15+/m1/s1. The highest BCUT2D eigenvalue weighted by Crippen LogP contribution is 2.33. The predicted molar refractivity (Wildman–Crippen MR) is 96.6 cm³/mol. The van der Waals surface area contributed by atoms with Gasteiger partial charge >= 0.3 is 0 Å². The van der Waals surface area contributed by atoms with Gasteiger partial charge in [-0.2, -0.15) is 5.10 Å². The van der Waals surface area contributed by atoms with E-state index >= 15 is 0 Å². The third-order valence-corrected chi connectivity index (χ3v) is 4.95. The maximum Gasteiger partial charge on any atom is 0.179 e. The van der Waals surface area contributed by atoms with Gasteiger partial charge < -0.3 is 4.74 Å². The number of nitrogens with zero attached hydrogens (tertiary/aromatic N) is 7. The normalized spacial score (nSPS) is 21.7. The Morgan fingerprint density at radius 1 is 1.23 bits per heavy atom. The van der Waals surface area contributed by atoms with E-state index in [0.717, 1.165) is 31.0 Å². The number of aromatic nitrogens is 6. The zero-order chi connectivity index (χ0) is 18.3. The Morgan fingerprint density at radius 3 is 2.81 bits per heavy atom. The van der Waals surface area contributed by atoms with Gasteiger partial charge in [-0.05, 0) is 27.2 Å². The molecule has 0 saturated carbocycles. The van der Waals surface area contributed by atoms with E-state index in [2.05, 4.69) is 52.1 Å². The van der Waals surface area contributed by atoms with Crippen LogP contribution in [0, 0.1) is 0 Å². The molecule has 3 aromatic heterocycles. The van der Waals surface area contributed by atoms with E-state index in [0.29, 0.717) is 0 Å². The highest BCUT2D eigenvalue weighted by Gasteiger charge is 2.36. The zero-order valence-electron chi connectivity index (χ0n) is 15.7. The van der Waals surface area contributed by atoms with Crippen LogP contribution >= 0.6 is 0 Å². The molecule has 1 saturated heterocycles. The molecule has 0 spiro atoms. The summed E-state index contributed by atoms with van der Waals surface area (Å²) in [5.41, 5.74) is 1.94. The Morgan fingerprint density at radius 2 is 2.08 bits per heavy atom. The molecule has 0 aliphatic carbocycles. The second-order valence-electron chi connectivity index (χ2n) is 7.87. The number of methoxy groups -OCH3 is 1. The van der Waals surface area contributed by atoms with Crippen molar-refractivity contribution in [1.82, 2.24) is 34.3 Å². The quantitative estimate of drug-likeness (QED) is 0.713. The summed E-state index contributed by atoms with van der Waals surface area (Å²) in [6, 6.07) is 0.148. The van der Waals surface area contributed by atoms with Crippen molar-refractivity contribution in [3.8, 4) is 0 Å². The first-order chi connectivity index (χ1) is 12.5. The van der Waals surface area contributed by atoms with Crippen molar-refractivity contribution in [2.75, 3.05) is 13.7 Å². The van der Waals surface area contributed by atoms with Crippen molar-refractivity contribution >= 4 is 5.65 Å². The molecule has 0 amide bonds. The summed E-state index contributed by atoms with van der Waals surface area (Å²) in [6.07, 6.45) is 10.6. The summed E-state index contributed by atoms with van der Waals surface area (Å²) >= 11 is 0. The summed E-state index contributed by atoms with van der Waals surface area (Å²) in [7, 11) is 1.77. The van der Waals surface area contributed by atoms with E-state index < -0.39 is 0 Å². The van der Waals surface area contributed by atoms with Gasteiger partial charge in [0.05, 0.1) is 30.1 Å². The highest BCUT2D eigenvalue weighted by atomic mass is 16.5. The fraction of sp³-hybridized carbons (Fsp3) is 0.556. The molecule has 26 heavy (non-hydrogen) atoms. The van der Waals surface area contributed by atoms with Crippen molar-refractivity contribution < 1.29 is 4.74 Å². The first-order valence-corrected chi connectivity index (χ1v) is 8.91. The minimum Gasteiger partial charge on any atom is -0.380 e. The van der Waals surface area contributed by atoms with Crippen LogP contribution in [0.1, 0.15) is 44.6 Å². The molecule has 0 radical (unpaired) electrons. The van der Waals surface area contributed by atoms with Crippen LogP contribution in [0.25, 0.3) is 5.65 Å². The predicted octanol–water partition coefficient (Wildman–Crippen LogP) is 2.04. The lowest BCUT2D eigenvalue weighted by molar-refractivity contribution is 0.107. The van der Waals surface area contributed by atoms with E-state index in [9.17, 15) is 0 Å². The first-order valence-electron chi connectivity index (χ1n) is 8.91. The highest BCUT2D eigenvalue weighted by molar-refractivity contribution is 5.34. The Hall–Kier alpha value is -2.32. The number of rotatable bonds is 4. The molecular formula is C18H25N7O. The van der Waals surface area contributed by atoms with Gasteiger partial charge in [0.25, 0.3) is 0 Å². The van der Waals surface area contributed by atoms with Crippen molar-refractivity contribution in [3.63, 3.8) is 0 Å². The number of hydrogen-bond donors (Lipinski definition) is 0. The van der Waals surface area contributed by atoms with Crippen molar-refractivity contribution in [3.05, 3.63) is 42.4 Å². The van der Waals surface area contributed by atoms with Crippen LogP contribution < -0.4 is 0 Å². The second-order valence-corrected chi connectivity index (χ2v) is 7.87. The molecule has 8 heteroatoms. The number of likely N-dealkylation sites (tertiary alicyclic amines) is 1. The molecule has 138 valence electrons. The summed E-state index contributed by atoms with van der Waals surface area (Å²) in [4.78, 5) is 6.52. The van der Waals surface area contributed by atoms with Crippen LogP contribution in [0.5, 0.6) is 0 Å². The number of ether oxygens (including phenoxy) is 1. The summed E-state index contributed by atoms with van der Waals surface area (Å²) in [5, 5.41) is 13.2. The smallest absolute Gasteiger partial charge is 0.179 e. The minimum atomic E-state index is -0.0199. The average Bonchev–Trinajstić information content (AvgIpc) is 3.32. The van der Waals surface area contributed by atoms with Gasteiger partial charge in [0.1, 0.15) is 0 Å². The van der Waals surface area contributed by atoms with Crippen LogP contribution in [-0.2, 0) is 16.8 Å². The average molecular weight is 355 g/mol. The SMILES string of the molecule is CO[C@@H]1C[C@@H](c2nnc3cnccn23)N(Cc2cnn(C(C)(C)C)c2)C1. The third-order valence-electron chi connectivity index (χ3n) is 4.95. The van der Waals surface area contributed by atoms with E-state index in [1.807, 2.05) is 21.5 Å². The van der Waals surface area contributed by atoms with Crippen LogP contribution in [0.4, 0.5) is 0 Å². The van der Waals surface area contributed by atoms with Gasteiger partial charge in [0.2, 0.25) is 0 Å². The molecule has 3 aromatic rings. The molecule has 2 atom stereocenters. The maximum absolute atomic E-state index is 5.65. The lowest BCUT2D eigenvalue weighted by Gasteiger charge is -2.22. The van der Waals surface area contributed by atoms with Crippen LogP contribution in [0.15, 0.2) is 31.0 Å². The fourth-order valence-corrected chi connectivity index (χ4v) is 3.52. The van der Waals surface area contributed by atoms with Gasteiger partial charge in [-0.25, -0.2) is 0 Å². The van der Waals surface area contributed by atoms with Crippen molar-refractivity contribution in [2.45, 2.75) is 51.4 Å². The number of fused-ring (bicyclic) bond motifs is 1. The molecule has 1 aliphatic rings. The van der Waals surface area contributed by atoms with Gasteiger partial charge in [0, 0.05) is 44.4 Å². The summed E-state index contributed by atoms with van der Waals surface area (Å²) < 4.78 is 9.68. The monoisotopic (exact) mass is 355 g/mol. The molecule has 1 fully saturated rings. The van der Waals surface area contributed by atoms with Gasteiger partial charge in [-0.15, -0.1) is 10.2 Å². The number of hydrogen-bond acceptors (Lipinski definition) is 6. The molecular weight excluding hydrogens is 330 g/mol. The van der Waals surface area contributed by atoms with Crippen LogP contribution in [0.2, 0.25) is 0 Å². The topological polar surface area (TPSA) is 73.4 Å². The molecule has 0 N–H and O–H groups in total. The Labute approximate surface area is 152 Å². The summed E-state index contributed by atoms with van der Waals surface area (Å²) in [5.74, 6) is 0.935. The molecule has 8 nitrogen and oxygen atoms in total.